The van der Waals surface area contributed by atoms with Gasteiger partial charge in [-0.25, -0.2) is 0 Å². The Kier molecular flexibility index (Phi) is 2.22. The van der Waals surface area contributed by atoms with E-state index in [1.807, 2.05) is 26.8 Å². The molecule has 1 aliphatic rings. The second-order valence-corrected chi connectivity index (χ2v) is 3.15. The van der Waals surface area contributed by atoms with E-state index < -0.39 is 0 Å². The van der Waals surface area contributed by atoms with Crippen LogP contribution in [0.2, 0.25) is 0 Å². The third-order valence-corrected chi connectivity index (χ3v) is 1.72. The summed E-state index contributed by atoms with van der Waals surface area (Å²) in [5.41, 5.74) is 1.83. The van der Waals surface area contributed by atoms with Gasteiger partial charge >= 0.3 is 0 Å². The predicted molar refractivity (Wildman–Crippen MR) is 45.9 cm³/mol. The molecule has 0 amide bonds. The average molecular weight is 151 g/mol. The molecule has 1 aliphatic heterocycles. The Bertz CT molecular complexity index is 236. The van der Waals surface area contributed by atoms with Crippen LogP contribution in [0.5, 0.6) is 0 Å². The highest BCUT2D eigenvalue weighted by Gasteiger charge is 2.15. The number of Topliss-reactive ketones (excluding diaryl/α,β-unsaturated/α-hetero) is 1. The second-order valence-electron chi connectivity index (χ2n) is 3.15. The number of hydrogen-bond donors (Lipinski definition) is 0. The molecule has 0 N–H and O–H groups in total. The Hall–Kier alpha value is -0.920. The first kappa shape index (κ1) is 8.18. The third kappa shape index (κ3) is 1.76. The van der Waals surface area contributed by atoms with Gasteiger partial charge in [0.1, 0.15) is 0 Å². The quantitative estimate of drug-likeness (QED) is 0.589. The molecule has 2 heteroatoms. The molecule has 0 aromatic carbocycles. The predicted octanol–water partition coefficient (Wildman–Crippen LogP) is 1.61. The number of ketones is 1. The van der Waals surface area contributed by atoms with E-state index in [-0.39, 0.29) is 11.7 Å². The van der Waals surface area contributed by atoms with E-state index in [9.17, 15) is 4.79 Å². The molecule has 1 rings (SSSR count). The molecule has 0 aliphatic carbocycles. The van der Waals surface area contributed by atoms with Crippen LogP contribution in [0.15, 0.2) is 16.6 Å². The Morgan fingerprint density at radius 2 is 2.27 bits per heavy atom. The summed E-state index contributed by atoms with van der Waals surface area (Å²) >= 11 is 0. The van der Waals surface area contributed by atoms with Crippen molar-refractivity contribution < 1.29 is 4.79 Å². The highest BCUT2D eigenvalue weighted by Crippen LogP contribution is 2.11. The average Bonchev–Trinajstić information content (AvgIpc) is 2.34. The van der Waals surface area contributed by atoms with Crippen molar-refractivity contribution in [1.82, 2.24) is 0 Å². The number of allylic oxidation sites excluding steroid dienone is 1. The smallest absolute Gasteiger partial charge is 0.163 e. The van der Waals surface area contributed by atoms with E-state index >= 15 is 0 Å². The standard InChI is InChI=1S/C9H13NO/c1-6(2)9(11)8-4-7(3)10-5-8/h4,6H,5H2,1-3H3. The van der Waals surface area contributed by atoms with Crippen molar-refractivity contribution in [3.05, 3.63) is 11.6 Å². The van der Waals surface area contributed by atoms with E-state index in [4.69, 9.17) is 0 Å². The summed E-state index contributed by atoms with van der Waals surface area (Å²) in [5, 5.41) is 0. The molecule has 11 heavy (non-hydrogen) atoms. The Morgan fingerprint density at radius 3 is 2.64 bits per heavy atom. The maximum Gasteiger partial charge on any atom is 0.163 e. The molecule has 0 spiro atoms. The topological polar surface area (TPSA) is 29.4 Å². The SMILES string of the molecule is CC1=NCC(C(=O)C(C)C)=C1. The fourth-order valence-corrected chi connectivity index (χ4v) is 1.07. The first-order valence-electron chi connectivity index (χ1n) is 3.87. The lowest BCUT2D eigenvalue weighted by molar-refractivity contribution is -0.118. The van der Waals surface area contributed by atoms with Crippen LogP contribution < -0.4 is 0 Å². The number of rotatable bonds is 2. The van der Waals surface area contributed by atoms with E-state index in [1.54, 1.807) is 0 Å². The van der Waals surface area contributed by atoms with Gasteiger partial charge in [-0.05, 0) is 13.0 Å². The van der Waals surface area contributed by atoms with Crippen LogP contribution in [0.25, 0.3) is 0 Å². The number of carbonyl (C=O) groups is 1. The van der Waals surface area contributed by atoms with E-state index in [0.717, 1.165) is 11.3 Å². The Morgan fingerprint density at radius 1 is 1.64 bits per heavy atom. The van der Waals surface area contributed by atoms with Crippen molar-refractivity contribution in [3.63, 3.8) is 0 Å². The lowest BCUT2D eigenvalue weighted by Crippen LogP contribution is -2.10. The third-order valence-electron chi connectivity index (χ3n) is 1.72. The Labute approximate surface area is 67.0 Å². The summed E-state index contributed by atoms with van der Waals surface area (Å²) < 4.78 is 0. The van der Waals surface area contributed by atoms with Gasteiger partial charge in [-0.1, -0.05) is 13.8 Å². The molecule has 60 valence electrons. The lowest BCUT2D eigenvalue weighted by Gasteiger charge is -2.02. The van der Waals surface area contributed by atoms with Gasteiger partial charge in [0.15, 0.2) is 5.78 Å². The largest absolute Gasteiger partial charge is 0.294 e. The molecular weight excluding hydrogens is 138 g/mol. The van der Waals surface area contributed by atoms with Crippen LogP contribution in [0.4, 0.5) is 0 Å². The van der Waals surface area contributed by atoms with Crippen molar-refractivity contribution in [2.75, 3.05) is 6.54 Å². The van der Waals surface area contributed by atoms with E-state index in [2.05, 4.69) is 4.99 Å². The molecular formula is C9H13NO. The van der Waals surface area contributed by atoms with Crippen LogP contribution >= 0.6 is 0 Å². The van der Waals surface area contributed by atoms with Crippen molar-refractivity contribution in [3.8, 4) is 0 Å². The summed E-state index contributed by atoms with van der Waals surface area (Å²) in [6, 6.07) is 0. The summed E-state index contributed by atoms with van der Waals surface area (Å²) in [5.74, 6) is 0.327. The zero-order valence-electron chi connectivity index (χ0n) is 7.22. The number of nitrogens with zero attached hydrogens (tertiary/aromatic N) is 1. The van der Waals surface area contributed by atoms with Gasteiger partial charge in [-0.3, -0.25) is 9.79 Å². The molecule has 2 nitrogen and oxygen atoms in total. The van der Waals surface area contributed by atoms with Gasteiger partial charge in [-0.15, -0.1) is 0 Å². The molecule has 0 aromatic heterocycles. The van der Waals surface area contributed by atoms with Crippen LogP contribution in [0.1, 0.15) is 20.8 Å². The maximum absolute atomic E-state index is 11.3. The number of aliphatic imine (C=N–C) groups is 1. The van der Waals surface area contributed by atoms with Crippen LogP contribution in [0.3, 0.4) is 0 Å². The molecule has 0 saturated heterocycles. The van der Waals surface area contributed by atoms with Crippen LogP contribution in [-0.4, -0.2) is 18.0 Å². The van der Waals surface area contributed by atoms with Gasteiger partial charge in [0.25, 0.3) is 0 Å². The molecule has 0 fully saturated rings. The minimum Gasteiger partial charge on any atom is -0.294 e. The monoisotopic (exact) mass is 151 g/mol. The highest BCUT2D eigenvalue weighted by molar-refractivity contribution is 6.07. The first-order chi connectivity index (χ1) is 5.11. The molecule has 0 aromatic rings. The fourth-order valence-electron chi connectivity index (χ4n) is 1.07. The highest BCUT2D eigenvalue weighted by atomic mass is 16.1. The minimum atomic E-state index is 0.0994. The van der Waals surface area contributed by atoms with Crippen molar-refractivity contribution in [1.29, 1.82) is 0 Å². The molecule has 0 atom stereocenters. The summed E-state index contributed by atoms with van der Waals surface area (Å²) in [7, 11) is 0. The van der Waals surface area contributed by atoms with Crippen molar-refractivity contribution >= 4 is 11.5 Å². The first-order valence-corrected chi connectivity index (χ1v) is 3.87. The van der Waals surface area contributed by atoms with Crippen LogP contribution in [0, 0.1) is 5.92 Å². The van der Waals surface area contributed by atoms with Crippen molar-refractivity contribution in [2.24, 2.45) is 10.9 Å². The lowest BCUT2D eigenvalue weighted by atomic mass is 10.0. The Balaban J connectivity index is 2.66. The maximum atomic E-state index is 11.3. The zero-order chi connectivity index (χ0) is 8.43. The summed E-state index contributed by atoms with van der Waals surface area (Å²) in [6.07, 6.45) is 1.88. The minimum absolute atomic E-state index is 0.0994. The van der Waals surface area contributed by atoms with Gasteiger partial charge in [-0.2, -0.15) is 0 Å². The number of hydrogen-bond acceptors (Lipinski definition) is 2. The molecule has 0 radical (unpaired) electrons. The molecule has 0 saturated carbocycles. The van der Waals surface area contributed by atoms with Gasteiger partial charge in [0, 0.05) is 17.2 Å². The zero-order valence-corrected chi connectivity index (χ0v) is 7.22. The van der Waals surface area contributed by atoms with Crippen LogP contribution in [-0.2, 0) is 4.79 Å². The fraction of sp³-hybridized carbons (Fsp3) is 0.556. The normalized spacial score (nSPS) is 16.7. The van der Waals surface area contributed by atoms with Gasteiger partial charge in [0.2, 0.25) is 0 Å². The summed E-state index contributed by atoms with van der Waals surface area (Å²) in [4.78, 5) is 15.5. The van der Waals surface area contributed by atoms with Crippen molar-refractivity contribution in [2.45, 2.75) is 20.8 Å². The summed E-state index contributed by atoms with van der Waals surface area (Å²) in [6.45, 7) is 6.33. The molecule has 0 unspecified atom stereocenters. The molecule has 0 bridgehead atoms. The van der Waals surface area contributed by atoms with E-state index in [0.29, 0.717) is 6.54 Å². The second kappa shape index (κ2) is 2.99. The number of carbonyl (C=O) groups excluding carboxylic acids is 1. The van der Waals surface area contributed by atoms with E-state index in [1.165, 1.54) is 0 Å². The molecule has 1 heterocycles. The van der Waals surface area contributed by atoms with Gasteiger partial charge in [0.05, 0.1) is 6.54 Å². The van der Waals surface area contributed by atoms with Gasteiger partial charge < -0.3 is 0 Å².